The fourth-order valence-electron chi connectivity index (χ4n) is 3.15. The summed E-state index contributed by atoms with van der Waals surface area (Å²) in [7, 11) is 0. The molecule has 4 rings (SSSR count). The first-order chi connectivity index (χ1) is 14.3. The van der Waals surface area contributed by atoms with Crippen LogP contribution in [0.1, 0.15) is 11.3 Å². The topological polar surface area (TPSA) is 56.8 Å². The lowest BCUT2D eigenvalue weighted by Crippen LogP contribution is -2.29. The van der Waals surface area contributed by atoms with E-state index in [-0.39, 0.29) is 0 Å². The highest BCUT2D eigenvalue weighted by molar-refractivity contribution is 6.35. The van der Waals surface area contributed by atoms with Crippen LogP contribution in [0.5, 0.6) is 0 Å². The molecule has 2 aromatic heterocycles. The van der Waals surface area contributed by atoms with Crippen molar-refractivity contribution >= 4 is 46.3 Å². The van der Waals surface area contributed by atoms with Crippen molar-refractivity contribution in [1.29, 1.82) is 0 Å². The first-order valence-electron chi connectivity index (χ1n) is 9.11. The highest BCUT2D eigenvalue weighted by Gasteiger charge is 2.20. The number of anilines is 2. The Morgan fingerprint density at radius 2 is 1.63 bits per heavy atom. The van der Waals surface area contributed by atoms with Gasteiger partial charge in [0.15, 0.2) is 11.5 Å². The summed E-state index contributed by atoms with van der Waals surface area (Å²) in [5.41, 5.74) is 4.59. The standard InChI is InChI=1S/C22H17Cl3N4O/c1-13-3-9-18(12-28(13)30)26-22-14(2)21(15-4-6-16(23)7-5-15)29(27-22)20-10-8-17(24)11-19(20)25/h3-12H,1-2H3,(H,26,27). The number of pyridine rings is 1. The summed E-state index contributed by atoms with van der Waals surface area (Å²) in [5, 5.41) is 21.6. The van der Waals surface area contributed by atoms with Crippen LogP contribution in [0, 0.1) is 19.1 Å². The summed E-state index contributed by atoms with van der Waals surface area (Å²) in [6.07, 6.45) is 1.48. The lowest BCUT2D eigenvalue weighted by Gasteiger charge is -2.10. The first kappa shape index (κ1) is 20.5. The number of hydrogen-bond acceptors (Lipinski definition) is 3. The van der Waals surface area contributed by atoms with Gasteiger partial charge < -0.3 is 10.5 Å². The van der Waals surface area contributed by atoms with Crippen LogP contribution in [-0.4, -0.2) is 9.78 Å². The molecule has 0 unspecified atom stereocenters. The molecule has 0 saturated heterocycles. The van der Waals surface area contributed by atoms with Crippen LogP contribution >= 0.6 is 34.8 Å². The van der Waals surface area contributed by atoms with E-state index in [0.29, 0.717) is 38.0 Å². The lowest BCUT2D eigenvalue weighted by molar-refractivity contribution is -0.611. The lowest BCUT2D eigenvalue weighted by atomic mass is 10.1. The molecule has 0 aliphatic heterocycles. The molecule has 4 aromatic rings. The van der Waals surface area contributed by atoms with Gasteiger partial charge in [-0.1, -0.05) is 46.9 Å². The van der Waals surface area contributed by atoms with E-state index >= 15 is 0 Å². The molecular formula is C22H17Cl3N4O. The second-order valence-corrected chi connectivity index (χ2v) is 8.13. The van der Waals surface area contributed by atoms with Crippen molar-refractivity contribution < 1.29 is 4.73 Å². The number of nitrogens with zero attached hydrogens (tertiary/aromatic N) is 3. The molecule has 2 heterocycles. The molecule has 2 aromatic carbocycles. The number of aromatic nitrogens is 3. The number of benzene rings is 2. The third kappa shape index (κ3) is 3.97. The minimum Gasteiger partial charge on any atom is -0.618 e. The average Bonchev–Trinajstić information content (AvgIpc) is 3.01. The summed E-state index contributed by atoms with van der Waals surface area (Å²) >= 11 is 18.6. The summed E-state index contributed by atoms with van der Waals surface area (Å²) in [6, 6.07) is 16.3. The Labute approximate surface area is 189 Å². The Kier molecular flexibility index (Phi) is 5.60. The van der Waals surface area contributed by atoms with Crippen molar-refractivity contribution in [3.63, 3.8) is 0 Å². The minimum atomic E-state index is 0.472. The quantitative estimate of drug-likeness (QED) is 0.280. The SMILES string of the molecule is Cc1c(Nc2ccc(C)[n+]([O-])c2)nn(-c2ccc(Cl)cc2Cl)c1-c1ccc(Cl)cc1. The molecule has 0 spiro atoms. The molecule has 0 fully saturated rings. The molecule has 30 heavy (non-hydrogen) atoms. The van der Waals surface area contributed by atoms with Gasteiger partial charge in [-0.25, -0.2) is 4.68 Å². The summed E-state index contributed by atoms with van der Waals surface area (Å²) in [6.45, 7) is 3.71. The maximum atomic E-state index is 11.9. The molecule has 5 nitrogen and oxygen atoms in total. The van der Waals surface area contributed by atoms with Crippen LogP contribution in [0.3, 0.4) is 0 Å². The summed E-state index contributed by atoms with van der Waals surface area (Å²) in [4.78, 5) is 0. The zero-order valence-electron chi connectivity index (χ0n) is 16.2. The van der Waals surface area contributed by atoms with E-state index < -0.39 is 0 Å². The molecule has 0 atom stereocenters. The second-order valence-electron chi connectivity index (χ2n) is 6.85. The van der Waals surface area contributed by atoms with E-state index in [1.807, 2.05) is 43.3 Å². The monoisotopic (exact) mass is 458 g/mol. The van der Waals surface area contributed by atoms with Crippen LogP contribution in [0.4, 0.5) is 11.5 Å². The van der Waals surface area contributed by atoms with Crippen molar-refractivity contribution in [3.8, 4) is 16.9 Å². The molecule has 0 bridgehead atoms. The normalized spacial score (nSPS) is 11.0. The Balaban J connectivity index is 1.88. The van der Waals surface area contributed by atoms with E-state index in [1.165, 1.54) is 6.20 Å². The van der Waals surface area contributed by atoms with E-state index in [0.717, 1.165) is 21.6 Å². The maximum absolute atomic E-state index is 11.9. The van der Waals surface area contributed by atoms with E-state index in [1.54, 1.807) is 29.8 Å². The van der Waals surface area contributed by atoms with Crippen molar-refractivity contribution in [2.75, 3.05) is 5.32 Å². The number of nitrogens with one attached hydrogen (secondary N) is 1. The Bertz CT molecular complexity index is 1240. The van der Waals surface area contributed by atoms with Crippen molar-refractivity contribution in [1.82, 2.24) is 9.78 Å². The first-order valence-corrected chi connectivity index (χ1v) is 10.2. The molecule has 0 radical (unpaired) electrons. The maximum Gasteiger partial charge on any atom is 0.204 e. The fraction of sp³-hybridized carbons (Fsp3) is 0.0909. The highest BCUT2D eigenvalue weighted by Crippen LogP contribution is 2.35. The molecule has 1 N–H and O–H groups in total. The molecule has 152 valence electrons. The van der Waals surface area contributed by atoms with Gasteiger partial charge in [-0.3, -0.25) is 0 Å². The van der Waals surface area contributed by atoms with Gasteiger partial charge in [0.25, 0.3) is 0 Å². The fourth-order valence-corrected chi connectivity index (χ4v) is 3.77. The zero-order valence-corrected chi connectivity index (χ0v) is 18.4. The Morgan fingerprint density at radius 1 is 0.933 bits per heavy atom. The van der Waals surface area contributed by atoms with Crippen LogP contribution in [0.2, 0.25) is 15.1 Å². The van der Waals surface area contributed by atoms with Gasteiger partial charge >= 0.3 is 0 Å². The summed E-state index contributed by atoms with van der Waals surface area (Å²) < 4.78 is 2.57. The van der Waals surface area contributed by atoms with Gasteiger partial charge in [0.05, 0.1) is 16.4 Å². The van der Waals surface area contributed by atoms with Crippen molar-refractivity contribution in [2.45, 2.75) is 13.8 Å². The van der Waals surface area contributed by atoms with Gasteiger partial charge in [0.1, 0.15) is 5.69 Å². The molecule has 0 amide bonds. The highest BCUT2D eigenvalue weighted by atomic mass is 35.5. The zero-order chi connectivity index (χ0) is 21.4. The van der Waals surface area contributed by atoms with Gasteiger partial charge in [-0.15, -0.1) is 5.10 Å². The number of aryl methyl sites for hydroxylation is 1. The number of hydrogen-bond donors (Lipinski definition) is 1. The molecular weight excluding hydrogens is 443 g/mol. The summed E-state index contributed by atoms with van der Waals surface area (Å²) in [5.74, 6) is 0.606. The third-order valence-corrected chi connectivity index (χ3v) is 5.54. The Morgan fingerprint density at radius 3 is 2.30 bits per heavy atom. The minimum absolute atomic E-state index is 0.472. The molecule has 0 saturated carbocycles. The van der Waals surface area contributed by atoms with Gasteiger partial charge in [-0.2, -0.15) is 4.73 Å². The van der Waals surface area contributed by atoms with Gasteiger partial charge in [0.2, 0.25) is 6.20 Å². The molecule has 8 heteroatoms. The van der Waals surface area contributed by atoms with Crippen LogP contribution < -0.4 is 10.0 Å². The third-order valence-electron chi connectivity index (χ3n) is 4.75. The van der Waals surface area contributed by atoms with Crippen molar-refractivity contribution in [2.24, 2.45) is 0 Å². The van der Waals surface area contributed by atoms with Crippen LogP contribution in [0.15, 0.2) is 60.8 Å². The number of rotatable bonds is 4. The van der Waals surface area contributed by atoms with E-state index in [9.17, 15) is 5.21 Å². The average molecular weight is 460 g/mol. The predicted molar refractivity (Wildman–Crippen MR) is 122 cm³/mol. The Hall–Kier alpha value is -2.73. The van der Waals surface area contributed by atoms with Crippen LogP contribution in [0.25, 0.3) is 16.9 Å². The number of halogens is 3. The molecule has 0 aliphatic carbocycles. The van der Waals surface area contributed by atoms with Crippen molar-refractivity contribution in [3.05, 3.63) is 92.3 Å². The molecule has 0 aliphatic rings. The van der Waals surface area contributed by atoms with Gasteiger partial charge in [0, 0.05) is 34.2 Å². The second kappa shape index (κ2) is 8.19. The predicted octanol–water partition coefficient (Wildman–Crippen LogP) is 6.49. The van der Waals surface area contributed by atoms with Crippen LogP contribution in [-0.2, 0) is 0 Å². The van der Waals surface area contributed by atoms with E-state index in [2.05, 4.69) is 5.32 Å². The smallest absolute Gasteiger partial charge is 0.204 e. The largest absolute Gasteiger partial charge is 0.618 e. The van der Waals surface area contributed by atoms with Gasteiger partial charge in [-0.05, 0) is 43.3 Å². The van der Waals surface area contributed by atoms with E-state index in [4.69, 9.17) is 39.9 Å².